The lowest BCUT2D eigenvalue weighted by Gasteiger charge is -2.15. The van der Waals surface area contributed by atoms with Crippen molar-refractivity contribution in [2.45, 2.75) is 12.8 Å². The van der Waals surface area contributed by atoms with Crippen molar-refractivity contribution in [2.75, 3.05) is 13.1 Å². The lowest BCUT2D eigenvalue weighted by atomic mass is 10.1. The Morgan fingerprint density at radius 2 is 1.81 bits per heavy atom. The molecule has 6 nitrogen and oxygen atoms in total. The van der Waals surface area contributed by atoms with E-state index in [-0.39, 0.29) is 5.91 Å². The Balaban J connectivity index is 1.87. The zero-order chi connectivity index (χ0) is 17.5. The third kappa shape index (κ3) is 2.19. The second kappa shape index (κ2) is 5.91. The van der Waals surface area contributed by atoms with Gasteiger partial charge in [-0.15, -0.1) is 0 Å². The van der Waals surface area contributed by atoms with E-state index in [4.69, 9.17) is 0 Å². The van der Waals surface area contributed by atoms with E-state index < -0.39 is 0 Å². The van der Waals surface area contributed by atoms with Crippen molar-refractivity contribution in [3.8, 4) is 11.3 Å². The molecule has 0 unspecified atom stereocenters. The fraction of sp³-hybridized carbons (Fsp3) is 0.200. The molecule has 0 N–H and O–H groups in total. The number of hydrogen-bond acceptors (Lipinski definition) is 4. The van der Waals surface area contributed by atoms with Crippen LogP contribution < -0.4 is 0 Å². The first-order chi connectivity index (χ1) is 12.8. The topological polar surface area (TPSA) is 63.4 Å². The maximum atomic E-state index is 13.4. The highest BCUT2D eigenvalue weighted by Crippen LogP contribution is 2.33. The highest BCUT2D eigenvalue weighted by Gasteiger charge is 2.27. The van der Waals surface area contributed by atoms with Crippen LogP contribution in [0, 0.1) is 0 Å². The molecule has 6 heteroatoms. The number of rotatable bonds is 2. The van der Waals surface area contributed by atoms with Gasteiger partial charge >= 0.3 is 0 Å². The van der Waals surface area contributed by atoms with E-state index >= 15 is 0 Å². The highest BCUT2D eigenvalue weighted by molar-refractivity contribution is 6.16. The predicted molar refractivity (Wildman–Crippen MR) is 98.9 cm³/mol. The summed E-state index contributed by atoms with van der Waals surface area (Å²) in [7, 11) is 0. The molecule has 1 fully saturated rings. The molecule has 5 rings (SSSR count). The fourth-order valence-electron chi connectivity index (χ4n) is 3.77. The Labute approximate surface area is 150 Å². The largest absolute Gasteiger partial charge is 0.339 e. The van der Waals surface area contributed by atoms with Crippen LogP contribution in [-0.4, -0.2) is 43.2 Å². The van der Waals surface area contributed by atoms with Crippen molar-refractivity contribution in [1.29, 1.82) is 0 Å². The molecule has 1 amide bonds. The van der Waals surface area contributed by atoms with E-state index in [2.05, 4.69) is 15.0 Å². The Hall–Kier alpha value is -3.28. The first kappa shape index (κ1) is 15.0. The van der Waals surface area contributed by atoms with Gasteiger partial charge in [-0.25, -0.2) is 9.97 Å². The standard InChI is InChI=1S/C20H17N5O/c26-20(24-10-3-4-11-24)16-15-5-1-2-12-25(15)19-17(16)18(22-13-23-19)14-6-8-21-9-7-14/h1-2,5-9,12-13H,3-4,10-11H2. The number of hydrogen-bond donors (Lipinski definition) is 0. The van der Waals surface area contributed by atoms with Crippen LogP contribution in [0.5, 0.6) is 0 Å². The number of nitrogens with zero attached hydrogens (tertiary/aromatic N) is 5. The van der Waals surface area contributed by atoms with Gasteiger partial charge in [0.25, 0.3) is 5.91 Å². The smallest absolute Gasteiger partial charge is 0.256 e. The summed E-state index contributed by atoms with van der Waals surface area (Å²) in [5, 5.41) is 0.807. The normalized spacial score (nSPS) is 14.4. The van der Waals surface area contributed by atoms with Crippen molar-refractivity contribution in [3.63, 3.8) is 0 Å². The van der Waals surface area contributed by atoms with Crippen LogP contribution in [0.25, 0.3) is 27.8 Å². The molecule has 0 aromatic carbocycles. The molecular weight excluding hydrogens is 326 g/mol. The number of carbonyl (C=O) groups excluding carboxylic acids is 1. The highest BCUT2D eigenvalue weighted by atomic mass is 16.2. The average Bonchev–Trinajstić information content (AvgIpc) is 3.34. The maximum absolute atomic E-state index is 13.4. The first-order valence-corrected chi connectivity index (χ1v) is 8.78. The Bertz CT molecular complexity index is 1110. The number of fused-ring (bicyclic) bond motifs is 3. The fourth-order valence-corrected chi connectivity index (χ4v) is 3.77. The van der Waals surface area contributed by atoms with Gasteiger partial charge in [0, 0.05) is 37.2 Å². The Morgan fingerprint density at radius 3 is 2.62 bits per heavy atom. The zero-order valence-corrected chi connectivity index (χ0v) is 14.2. The molecule has 1 saturated heterocycles. The molecule has 26 heavy (non-hydrogen) atoms. The molecule has 1 aliphatic rings. The average molecular weight is 343 g/mol. The van der Waals surface area contributed by atoms with Crippen LogP contribution in [0.4, 0.5) is 0 Å². The summed E-state index contributed by atoms with van der Waals surface area (Å²) in [6.07, 6.45) is 9.10. The van der Waals surface area contributed by atoms with Gasteiger partial charge in [-0.2, -0.15) is 0 Å². The molecule has 128 valence electrons. The number of likely N-dealkylation sites (tertiary alicyclic amines) is 1. The summed E-state index contributed by atoms with van der Waals surface area (Å²) in [5.41, 5.74) is 4.01. The van der Waals surface area contributed by atoms with Crippen LogP contribution in [0.2, 0.25) is 0 Å². The van der Waals surface area contributed by atoms with Crippen LogP contribution in [0.15, 0.2) is 55.2 Å². The first-order valence-electron chi connectivity index (χ1n) is 8.78. The lowest BCUT2D eigenvalue weighted by Crippen LogP contribution is -2.27. The summed E-state index contributed by atoms with van der Waals surface area (Å²) < 4.78 is 1.98. The monoisotopic (exact) mass is 343 g/mol. The summed E-state index contributed by atoms with van der Waals surface area (Å²) in [4.78, 5) is 28.4. The number of carbonyl (C=O) groups is 1. The third-order valence-electron chi connectivity index (χ3n) is 4.98. The van der Waals surface area contributed by atoms with Gasteiger partial charge in [0.1, 0.15) is 12.0 Å². The van der Waals surface area contributed by atoms with Crippen LogP contribution in [0.1, 0.15) is 23.2 Å². The van der Waals surface area contributed by atoms with Gasteiger partial charge in [-0.1, -0.05) is 6.07 Å². The van der Waals surface area contributed by atoms with Crippen LogP contribution in [0.3, 0.4) is 0 Å². The van der Waals surface area contributed by atoms with Crippen LogP contribution >= 0.6 is 0 Å². The van der Waals surface area contributed by atoms with E-state index in [1.807, 2.05) is 45.8 Å². The summed E-state index contributed by atoms with van der Waals surface area (Å²) in [6, 6.07) is 9.70. The van der Waals surface area contributed by atoms with Gasteiger partial charge in [0.15, 0.2) is 0 Å². The van der Waals surface area contributed by atoms with Crippen molar-refractivity contribution < 1.29 is 4.79 Å². The van der Waals surface area contributed by atoms with E-state index in [1.54, 1.807) is 18.7 Å². The third-order valence-corrected chi connectivity index (χ3v) is 4.98. The predicted octanol–water partition coefficient (Wildman–Crippen LogP) is 3.18. The lowest BCUT2D eigenvalue weighted by molar-refractivity contribution is 0.0796. The molecule has 0 radical (unpaired) electrons. The summed E-state index contributed by atoms with van der Waals surface area (Å²) >= 11 is 0. The number of aromatic nitrogens is 4. The summed E-state index contributed by atoms with van der Waals surface area (Å²) in [6.45, 7) is 1.62. The van der Waals surface area contributed by atoms with Crippen LogP contribution in [-0.2, 0) is 0 Å². The van der Waals surface area contributed by atoms with Crippen molar-refractivity contribution in [2.24, 2.45) is 0 Å². The minimum absolute atomic E-state index is 0.0614. The van der Waals surface area contributed by atoms with Gasteiger partial charge in [-0.3, -0.25) is 9.78 Å². The van der Waals surface area contributed by atoms with Crippen molar-refractivity contribution >= 4 is 22.5 Å². The quantitative estimate of drug-likeness (QED) is 0.561. The SMILES string of the molecule is O=C(c1c2c(-c3ccncc3)ncnc2n2ccccc12)N1CCCC1. The van der Waals surface area contributed by atoms with Gasteiger partial charge < -0.3 is 9.30 Å². The molecule has 4 aromatic rings. The molecule has 4 aromatic heterocycles. The van der Waals surface area contributed by atoms with Crippen molar-refractivity contribution in [3.05, 3.63) is 60.8 Å². The van der Waals surface area contributed by atoms with Gasteiger partial charge in [-0.05, 0) is 37.1 Å². The minimum Gasteiger partial charge on any atom is -0.339 e. The molecular formula is C20H17N5O. The second-order valence-corrected chi connectivity index (χ2v) is 6.49. The molecule has 0 aliphatic carbocycles. The van der Waals surface area contributed by atoms with E-state index in [1.165, 1.54) is 0 Å². The Morgan fingerprint density at radius 1 is 1.00 bits per heavy atom. The van der Waals surface area contributed by atoms with E-state index in [0.29, 0.717) is 5.56 Å². The zero-order valence-electron chi connectivity index (χ0n) is 14.2. The van der Waals surface area contributed by atoms with Gasteiger partial charge in [0.2, 0.25) is 0 Å². The second-order valence-electron chi connectivity index (χ2n) is 6.49. The Kier molecular flexibility index (Phi) is 3.41. The number of pyridine rings is 2. The molecule has 0 bridgehead atoms. The molecule has 0 saturated carbocycles. The molecule has 0 spiro atoms. The minimum atomic E-state index is 0.0614. The van der Waals surface area contributed by atoms with E-state index in [9.17, 15) is 4.79 Å². The molecule has 0 atom stereocenters. The molecule has 5 heterocycles. The number of amides is 1. The maximum Gasteiger partial charge on any atom is 0.256 e. The van der Waals surface area contributed by atoms with E-state index in [0.717, 1.165) is 53.7 Å². The van der Waals surface area contributed by atoms with Crippen molar-refractivity contribution in [1.82, 2.24) is 24.3 Å². The molecule has 1 aliphatic heterocycles. The summed E-state index contributed by atoms with van der Waals surface area (Å²) in [5.74, 6) is 0.0614. The van der Waals surface area contributed by atoms with Gasteiger partial charge in [0.05, 0.1) is 22.2 Å².